The second-order valence-electron chi connectivity index (χ2n) is 28.8. The minimum absolute atomic E-state index is 0.0158. The Kier molecular flexibility index (Phi) is 18.3. The molecule has 2 aromatic carbocycles. The van der Waals surface area contributed by atoms with Crippen LogP contribution in [-0.2, 0) is 16.0 Å². The Bertz CT molecular complexity index is 2340. The number of carbonyl (C=O) groups is 4. The van der Waals surface area contributed by atoms with Gasteiger partial charge in [0.05, 0.1) is 24.4 Å². The van der Waals surface area contributed by atoms with Crippen LogP contribution in [0.5, 0.6) is 0 Å². The molecule has 8 saturated carbocycles. The van der Waals surface area contributed by atoms with Crippen molar-refractivity contribution in [1.29, 1.82) is 0 Å². The molecule has 2 aromatic rings. The molecule has 8 aliphatic carbocycles. The lowest BCUT2D eigenvalue weighted by Gasteiger charge is -2.62. The summed E-state index contributed by atoms with van der Waals surface area (Å²) in [6, 6.07) is 14.7. The van der Waals surface area contributed by atoms with Crippen LogP contribution < -0.4 is 31.9 Å². The van der Waals surface area contributed by atoms with Gasteiger partial charge in [0.1, 0.15) is 0 Å². The van der Waals surface area contributed by atoms with Gasteiger partial charge < -0.3 is 52.3 Å². The van der Waals surface area contributed by atoms with Crippen molar-refractivity contribution in [3.05, 3.63) is 59.7 Å². The van der Waals surface area contributed by atoms with E-state index in [4.69, 9.17) is 0 Å². The number of hydrogen-bond donors (Lipinski definition) is 10. The largest absolute Gasteiger partial charge is 0.393 e. The van der Waals surface area contributed by atoms with E-state index in [0.717, 1.165) is 101 Å². The molecule has 10 N–H and O–H groups in total. The van der Waals surface area contributed by atoms with Crippen molar-refractivity contribution in [2.45, 2.75) is 201 Å². The average molecular weight is 1120 g/mol. The maximum absolute atomic E-state index is 13.0. The number of fused-ring (bicyclic) bond motifs is 10. The van der Waals surface area contributed by atoms with E-state index in [9.17, 15) is 39.6 Å². The van der Waals surface area contributed by atoms with Crippen LogP contribution in [0.15, 0.2) is 48.5 Å². The molecule has 448 valence electrons. The zero-order valence-electron chi connectivity index (χ0n) is 50.0. The SMILES string of the molecule is C[C@H](CCC(=O)NCCNC(=O)Nc1ccc(Cc2ccc(NC(=O)NCCNC(=O)CC[C@@H](C)[C@H]3CC[C@H]4[C@@H]5CC[C@@H]6C[C@H](O)CC[C@]6(C)[C@H]5C[C@H](O)[C@]34C)cc2)cc1)[C@H]1CC[C@H]2[C@@H]3CC[C@@H]4C[C@H](O)CC[C@]4(C)[C@H]3C[C@H](O)[C@]12C. The molecule has 0 unspecified atom stereocenters. The highest BCUT2D eigenvalue weighted by molar-refractivity contribution is 5.90. The Labute approximate surface area is 484 Å². The number of aliphatic hydroxyl groups is 4. The highest BCUT2D eigenvalue weighted by Crippen LogP contribution is 2.70. The van der Waals surface area contributed by atoms with Crippen LogP contribution in [0.25, 0.3) is 0 Å². The first-order chi connectivity index (χ1) is 38.7. The zero-order chi connectivity index (χ0) is 57.4. The molecule has 8 fully saturated rings. The van der Waals surface area contributed by atoms with Crippen LogP contribution in [0.1, 0.15) is 181 Å². The molecule has 0 aromatic heterocycles. The lowest BCUT2D eigenvalue weighted by atomic mass is 9.43. The van der Waals surface area contributed by atoms with Gasteiger partial charge in [-0.1, -0.05) is 65.8 Å². The molecular formula is C67H102N6O8. The van der Waals surface area contributed by atoms with Gasteiger partial charge in [0.15, 0.2) is 0 Å². The summed E-state index contributed by atoms with van der Waals surface area (Å²) in [5.74, 6) is 5.90. The second kappa shape index (κ2) is 24.8. The molecule has 20 atom stereocenters. The van der Waals surface area contributed by atoms with E-state index >= 15 is 0 Å². The summed E-state index contributed by atoms with van der Waals surface area (Å²) in [6.07, 6.45) is 18.9. The van der Waals surface area contributed by atoms with Gasteiger partial charge in [0, 0.05) is 50.4 Å². The van der Waals surface area contributed by atoms with E-state index in [1.54, 1.807) is 0 Å². The molecule has 0 saturated heterocycles. The standard InChI is InChI=1S/C67H102N6O8/c1-40(52-21-23-54-50-19-13-44-36-48(74)27-29-64(44,3)56(50)38-58(76)66(52,54)5)7-25-60(78)68-31-33-70-62(80)72-46-15-9-42(10-16-46)35-43-11-17-47(18-12-43)73-63(81)71-34-32-69-61(79)26-8-41(2)53-22-24-55-51-20-14-45-37-49(75)28-30-65(45,4)57(51)39-59(77)67(53,55)6/h9-12,15-18,40-41,44-45,48-59,74-77H,7-8,13-14,19-39H2,1-6H3,(H,68,78)(H,69,79)(H2,70,72,80)(H2,71,73,81)/t40-,41-,44-,45-,48-,49-,50+,51+,52-,53-,54+,55+,56+,57+,58+,59+,64+,65+,66-,67-/m1/s1. The summed E-state index contributed by atoms with van der Waals surface area (Å²) in [4.78, 5) is 51.4. The molecule has 14 heteroatoms. The fourth-order valence-corrected chi connectivity index (χ4v) is 20.4. The fourth-order valence-electron chi connectivity index (χ4n) is 20.4. The van der Waals surface area contributed by atoms with E-state index in [2.05, 4.69) is 73.4 Å². The number of nitrogens with one attached hydrogen (secondary N) is 6. The van der Waals surface area contributed by atoms with E-state index in [1.165, 1.54) is 25.7 Å². The molecule has 10 rings (SSSR count). The topological polar surface area (TPSA) is 221 Å². The number of aliphatic hydroxyl groups excluding tert-OH is 4. The third-order valence-electron chi connectivity index (χ3n) is 25.0. The number of rotatable bonds is 18. The minimum Gasteiger partial charge on any atom is -0.393 e. The van der Waals surface area contributed by atoms with Crippen LogP contribution in [0.3, 0.4) is 0 Å². The number of anilines is 2. The quantitative estimate of drug-likeness (QED) is 0.0646. The van der Waals surface area contributed by atoms with Gasteiger partial charge in [-0.05, 0) is 250 Å². The molecular weight excluding hydrogens is 1020 g/mol. The van der Waals surface area contributed by atoms with E-state index < -0.39 is 0 Å². The second-order valence-corrected chi connectivity index (χ2v) is 28.8. The molecule has 0 aliphatic heterocycles. The summed E-state index contributed by atoms with van der Waals surface area (Å²) in [5.41, 5.74) is 3.63. The lowest BCUT2D eigenvalue weighted by Crippen LogP contribution is -2.58. The zero-order valence-corrected chi connectivity index (χ0v) is 50.0. The van der Waals surface area contributed by atoms with Crippen molar-refractivity contribution in [2.24, 2.45) is 92.7 Å². The smallest absolute Gasteiger partial charge is 0.319 e. The van der Waals surface area contributed by atoms with Gasteiger partial charge in [0.2, 0.25) is 11.8 Å². The first-order valence-corrected chi connectivity index (χ1v) is 32.2. The minimum atomic E-state index is -0.343. The molecule has 0 spiro atoms. The van der Waals surface area contributed by atoms with E-state index in [1.807, 2.05) is 48.5 Å². The predicted octanol–water partition coefficient (Wildman–Crippen LogP) is 10.6. The van der Waals surface area contributed by atoms with Gasteiger partial charge in [-0.2, -0.15) is 0 Å². The van der Waals surface area contributed by atoms with Crippen molar-refractivity contribution < 1.29 is 39.6 Å². The number of carbonyl (C=O) groups excluding carboxylic acids is 4. The molecule has 0 bridgehead atoms. The molecule has 6 amide bonds. The van der Waals surface area contributed by atoms with E-state index in [0.29, 0.717) is 128 Å². The van der Waals surface area contributed by atoms with Gasteiger partial charge >= 0.3 is 12.1 Å². The summed E-state index contributed by atoms with van der Waals surface area (Å²) in [5, 5.41) is 62.2. The van der Waals surface area contributed by atoms with Crippen LogP contribution in [-0.4, -0.2) is 94.9 Å². The third kappa shape index (κ3) is 12.2. The highest BCUT2D eigenvalue weighted by Gasteiger charge is 2.65. The Hall–Kier alpha value is -4.24. The molecule has 14 nitrogen and oxygen atoms in total. The van der Waals surface area contributed by atoms with E-state index in [-0.39, 0.29) is 70.0 Å². The van der Waals surface area contributed by atoms with Gasteiger partial charge in [0.25, 0.3) is 0 Å². The average Bonchev–Trinajstić information content (AvgIpc) is 2.43. The number of urea groups is 2. The summed E-state index contributed by atoms with van der Waals surface area (Å²) in [7, 11) is 0. The lowest BCUT2D eigenvalue weighted by molar-refractivity contribution is -0.175. The monoisotopic (exact) mass is 1120 g/mol. The first-order valence-electron chi connectivity index (χ1n) is 32.2. The normalized spacial score (nSPS) is 39.2. The molecule has 0 heterocycles. The Morgan fingerprint density at radius 3 is 1.26 bits per heavy atom. The summed E-state index contributed by atoms with van der Waals surface area (Å²) in [6.45, 7) is 15.5. The Morgan fingerprint density at radius 1 is 0.481 bits per heavy atom. The Balaban J connectivity index is 0.570. The van der Waals surface area contributed by atoms with Crippen LogP contribution >= 0.6 is 0 Å². The predicted molar refractivity (Wildman–Crippen MR) is 318 cm³/mol. The van der Waals surface area contributed by atoms with Crippen molar-refractivity contribution in [3.63, 3.8) is 0 Å². The van der Waals surface area contributed by atoms with Crippen molar-refractivity contribution >= 4 is 35.3 Å². The number of amides is 6. The van der Waals surface area contributed by atoms with Gasteiger partial charge in [-0.3, -0.25) is 9.59 Å². The molecule has 0 radical (unpaired) electrons. The van der Waals surface area contributed by atoms with Gasteiger partial charge in [-0.15, -0.1) is 0 Å². The van der Waals surface area contributed by atoms with Crippen molar-refractivity contribution in [2.75, 3.05) is 36.8 Å². The van der Waals surface area contributed by atoms with Crippen LogP contribution in [0.2, 0.25) is 0 Å². The third-order valence-corrected chi connectivity index (χ3v) is 25.0. The maximum atomic E-state index is 13.0. The van der Waals surface area contributed by atoms with Crippen LogP contribution in [0.4, 0.5) is 21.0 Å². The molecule has 81 heavy (non-hydrogen) atoms. The maximum Gasteiger partial charge on any atom is 0.319 e. The summed E-state index contributed by atoms with van der Waals surface area (Å²) >= 11 is 0. The van der Waals surface area contributed by atoms with Gasteiger partial charge in [-0.25, -0.2) is 9.59 Å². The Morgan fingerprint density at radius 2 is 0.864 bits per heavy atom. The van der Waals surface area contributed by atoms with Crippen LogP contribution in [0, 0.1) is 92.7 Å². The number of hydrogen-bond acceptors (Lipinski definition) is 8. The fraction of sp³-hybridized carbons (Fsp3) is 0.761. The van der Waals surface area contributed by atoms with Crippen molar-refractivity contribution in [3.8, 4) is 0 Å². The van der Waals surface area contributed by atoms with Crippen molar-refractivity contribution in [1.82, 2.24) is 21.3 Å². The first kappa shape index (κ1) is 59.9. The molecule has 8 aliphatic rings. The number of benzene rings is 2. The summed E-state index contributed by atoms with van der Waals surface area (Å²) < 4.78 is 0. The highest BCUT2D eigenvalue weighted by atomic mass is 16.3.